The van der Waals surface area contributed by atoms with Gasteiger partial charge in [-0.25, -0.2) is 0 Å². The maximum Gasteiger partial charge on any atom is 0.0239 e. The maximum atomic E-state index is 3.44. The molecule has 2 rings (SSSR count). The van der Waals surface area contributed by atoms with Crippen molar-refractivity contribution in [3.05, 3.63) is 0 Å². The molecule has 0 aliphatic heterocycles. The largest absolute Gasteiger partial charge is 0.256 e. The zero-order valence-electron chi connectivity index (χ0n) is 11.6. The van der Waals surface area contributed by atoms with Gasteiger partial charge in [0.25, 0.3) is 0 Å². The Bertz CT molecular complexity index is 176. The van der Waals surface area contributed by atoms with E-state index >= 15 is 0 Å². The van der Waals surface area contributed by atoms with E-state index in [4.69, 9.17) is 0 Å². The Morgan fingerprint density at radius 3 is 1.33 bits per heavy atom. The Balaban J connectivity index is 1.39. The lowest BCUT2D eigenvalue weighted by Crippen LogP contribution is -2.48. The van der Waals surface area contributed by atoms with Gasteiger partial charge in [-0.15, -0.1) is 0 Å². The first-order chi connectivity index (χ1) is 8.95. The Hall–Kier alpha value is -0.160. The predicted molar refractivity (Wildman–Crippen MR) is 76.0 cm³/mol. The molecule has 0 saturated heterocycles. The smallest absolute Gasteiger partial charge is 0.0239 e. The van der Waals surface area contributed by atoms with Gasteiger partial charge in [0.15, 0.2) is 0 Å². The molecular weight excluding hydrogens is 224 g/mol. The van der Waals surface area contributed by atoms with Gasteiger partial charge in [0.2, 0.25) is 0 Å². The van der Waals surface area contributed by atoms with E-state index in [0.29, 0.717) is 12.1 Å². The van der Waals surface area contributed by atoms with Crippen molar-refractivity contribution in [1.82, 2.24) is 21.7 Å². The molecule has 4 heteroatoms. The van der Waals surface area contributed by atoms with Gasteiger partial charge < -0.3 is 0 Å². The van der Waals surface area contributed by atoms with E-state index in [1.54, 1.807) is 0 Å². The topological polar surface area (TPSA) is 48.1 Å². The van der Waals surface area contributed by atoms with Crippen molar-refractivity contribution < 1.29 is 0 Å². The highest BCUT2D eigenvalue weighted by atomic mass is 15.4. The van der Waals surface area contributed by atoms with Crippen LogP contribution in [0.5, 0.6) is 0 Å². The van der Waals surface area contributed by atoms with Crippen LogP contribution in [-0.4, -0.2) is 25.2 Å². The van der Waals surface area contributed by atoms with Crippen molar-refractivity contribution in [2.24, 2.45) is 0 Å². The molecule has 4 nitrogen and oxygen atoms in total. The molecule has 2 fully saturated rings. The van der Waals surface area contributed by atoms with E-state index in [-0.39, 0.29) is 0 Å². The first-order valence-corrected chi connectivity index (χ1v) is 7.92. The Morgan fingerprint density at radius 1 is 0.556 bits per heavy atom. The van der Waals surface area contributed by atoms with Crippen LogP contribution in [0.25, 0.3) is 0 Å². The van der Waals surface area contributed by atoms with Crippen molar-refractivity contribution in [3.8, 4) is 0 Å². The summed E-state index contributed by atoms with van der Waals surface area (Å²) in [5.74, 6) is 0. The van der Waals surface area contributed by atoms with Crippen LogP contribution in [0.1, 0.15) is 64.2 Å². The normalized spacial score (nSPS) is 23.3. The molecule has 0 aromatic rings. The lowest BCUT2D eigenvalue weighted by molar-refractivity contribution is 0.314. The quantitative estimate of drug-likeness (QED) is 0.414. The van der Waals surface area contributed by atoms with Gasteiger partial charge in [0.1, 0.15) is 0 Å². The summed E-state index contributed by atoms with van der Waals surface area (Å²) in [6.07, 6.45) is 13.7. The van der Waals surface area contributed by atoms with Crippen molar-refractivity contribution in [2.75, 3.05) is 13.1 Å². The summed E-state index contributed by atoms with van der Waals surface area (Å²) in [6.45, 7) is 1.96. The van der Waals surface area contributed by atoms with Crippen LogP contribution in [0, 0.1) is 0 Å². The molecule has 0 radical (unpaired) electrons. The molecule has 0 bridgehead atoms. The van der Waals surface area contributed by atoms with Crippen LogP contribution >= 0.6 is 0 Å². The van der Waals surface area contributed by atoms with Crippen molar-refractivity contribution in [3.63, 3.8) is 0 Å². The molecule has 0 atom stereocenters. The van der Waals surface area contributed by atoms with Crippen molar-refractivity contribution in [2.45, 2.75) is 76.3 Å². The van der Waals surface area contributed by atoms with Gasteiger partial charge in [-0.05, 0) is 25.7 Å². The summed E-state index contributed by atoms with van der Waals surface area (Å²) in [5.41, 5.74) is 13.6. The molecular formula is C14H30N4. The van der Waals surface area contributed by atoms with Gasteiger partial charge in [0, 0.05) is 25.2 Å². The summed E-state index contributed by atoms with van der Waals surface area (Å²) < 4.78 is 0. The molecule has 0 aromatic heterocycles. The molecule has 0 amide bonds. The highest BCUT2D eigenvalue weighted by Gasteiger charge is 2.12. The summed E-state index contributed by atoms with van der Waals surface area (Å²) in [5, 5.41) is 0. The highest BCUT2D eigenvalue weighted by molar-refractivity contribution is 4.71. The van der Waals surface area contributed by atoms with Crippen molar-refractivity contribution in [1.29, 1.82) is 0 Å². The first kappa shape index (κ1) is 14.3. The van der Waals surface area contributed by atoms with Crippen LogP contribution in [0.3, 0.4) is 0 Å². The predicted octanol–water partition coefficient (Wildman–Crippen LogP) is 1.84. The van der Waals surface area contributed by atoms with Gasteiger partial charge >= 0.3 is 0 Å². The summed E-state index contributed by atoms with van der Waals surface area (Å²) >= 11 is 0. The lowest BCUT2D eigenvalue weighted by Gasteiger charge is -2.24. The zero-order valence-corrected chi connectivity index (χ0v) is 11.6. The minimum absolute atomic E-state index is 0.699. The zero-order chi connectivity index (χ0) is 12.5. The second-order valence-corrected chi connectivity index (χ2v) is 5.81. The first-order valence-electron chi connectivity index (χ1n) is 7.92. The molecule has 2 aliphatic rings. The average molecular weight is 254 g/mol. The van der Waals surface area contributed by atoms with Gasteiger partial charge in [-0.2, -0.15) is 0 Å². The molecule has 0 aromatic carbocycles. The van der Waals surface area contributed by atoms with Crippen LogP contribution < -0.4 is 21.7 Å². The van der Waals surface area contributed by atoms with E-state index in [1.807, 2.05) is 0 Å². The van der Waals surface area contributed by atoms with E-state index in [2.05, 4.69) is 21.7 Å². The fourth-order valence-electron chi connectivity index (χ4n) is 3.05. The SMILES string of the molecule is C1CCC(NNCCNNC2CCCCC2)CC1. The minimum Gasteiger partial charge on any atom is -0.256 e. The summed E-state index contributed by atoms with van der Waals surface area (Å²) in [6, 6.07) is 1.40. The Kier molecular flexibility index (Phi) is 7.01. The van der Waals surface area contributed by atoms with Crippen LogP contribution in [-0.2, 0) is 0 Å². The Morgan fingerprint density at radius 2 is 0.944 bits per heavy atom. The number of hydrogen-bond acceptors (Lipinski definition) is 4. The molecule has 0 unspecified atom stereocenters. The second kappa shape index (κ2) is 8.86. The fraction of sp³-hybridized carbons (Fsp3) is 1.00. The molecule has 0 heterocycles. The minimum atomic E-state index is 0.699. The average Bonchev–Trinajstić information content (AvgIpc) is 2.45. The summed E-state index contributed by atoms with van der Waals surface area (Å²) in [7, 11) is 0. The number of hydrogen-bond donors (Lipinski definition) is 4. The highest BCUT2D eigenvalue weighted by Crippen LogP contribution is 2.17. The maximum absolute atomic E-state index is 3.44. The molecule has 2 aliphatic carbocycles. The lowest BCUT2D eigenvalue weighted by atomic mass is 9.96. The van der Waals surface area contributed by atoms with Gasteiger partial charge in [-0.1, -0.05) is 38.5 Å². The molecule has 4 N–H and O–H groups in total. The standard InChI is InChI=1S/C14H30N4/c1-3-7-13(8-4-1)17-15-11-12-16-18-14-9-5-2-6-10-14/h13-18H,1-12H2. The van der Waals surface area contributed by atoms with Crippen LogP contribution in [0.2, 0.25) is 0 Å². The fourth-order valence-corrected chi connectivity index (χ4v) is 3.05. The van der Waals surface area contributed by atoms with E-state index in [0.717, 1.165) is 13.1 Å². The Labute approximate surface area is 112 Å². The number of hydrazine groups is 2. The second-order valence-electron chi connectivity index (χ2n) is 5.81. The van der Waals surface area contributed by atoms with Gasteiger partial charge in [-0.3, -0.25) is 21.7 Å². The molecule has 0 spiro atoms. The third-order valence-corrected chi connectivity index (χ3v) is 4.20. The molecule has 2 saturated carbocycles. The van der Waals surface area contributed by atoms with Crippen LogP contribution in [0.4, 0.5) is 0 Å². The number of nitrogens with one attached hydrogen (secondary N) is 4. The summed E-state index contributed by atoms with van der Waals surface area (Å²) in [4.78, 5) is 0. The van der Waals surface area contributed by atoms with Crippen molar-refractivity contribution >= 4 is 0 Å². The van der Waals surface area contributed by atoms with E-state index < -0.39 is 0 Å². The molecule has 18 heavy (non-hydrogen) atoms. The van der Waals surface area contributed by atoms with Crippen LogP contribution in [0.15, 0.2) is 0 Å². The van der Waals surface area contributed by atoms with E-state index in [9.17, 15) is 0 Å². The van der Waals surface area contributed by atoms with E-state index in [1.165, 1.54) is 64.2 Å². The monoisotopic (exact) mass is 254 g/mol. The third kappa shape index (κ3) is 5.65. The third-order valence-electron chi connectivity index (χ3n) is 4.20. The number of rotatable bonds is 7. The molecule has 106 valence electrons. The van der Waals surface area contributed by atoms with Gasteiger partial charge in [0.05, 0.1) is 0 Å².